The van der Waals surface area contributed by atoms with Gasteiger partial charge in [-0.05, 0) is 31.5 Å². The van der Waals surface area contributed by atoms with E-state index < -0.39 is 0 Å². The summed E-state index contributed by atoms with van der Waals surface area (Å²) in [6, 6.07) is 1.71. The molecule has 13 heavy (non-hydrogen) atoms. The van der Waals surface area contributed by atoms with Crippen molar-refractivity contribution in [2.45, 2.75) is 13.3 Å². The van der Waals surface area contributed by atoms with Crippen molar-refractivity contribution in [3.05, 3.63) is 23.7 Å². The zero-order valence-electron chi connectivity index (χ0n) is 7.67. The fraction of sp³-hybridized carbons (Fsp3) is 0.444. The lowest BCUT2D eigenvalue weighted by molar-refractivity contribution is 0.0926. The second-order valence-corrected chi connectivity index (χ2v) is 2.89. The third kappa shape index (κ3) is 2.91. The van der Waals surface area contributed by atoms with Crippen molar-refractivity contribution in [3.63, 3.8) is 0 Å². The Kier molecular flexibility index (Phi) is 3.52. The minimum atomic E-state index is -0.179. The Hall–Kier alpha value is -1.29. The molecule has 72 valence electrons. The number of carbonyl (C=O) groups is 1. The summed E-state index contributed by atoms with van der Waals surface area (Å²) in [6.45, 7) is 3.05. The molecule has 0 fully saturated rings. The molecule has 4 heteroatoms. The lowest BCUT2D eigenvalue weighted by Gasteiger charge is -1.99. The number of carbonyl (C=O) groups excluding carboxylic acids is 1. The molecular weight excluding hydrogens is 168 g/mol. The molecule has 0 saturated carbocycles. The first-order valence-corrected chi connectivity index (χ1v) is 4.27. The van der Waals surface area contributed by atoms with Crippen molar-refractivity contribution >= 4 is 5.91 Å². The van der Waals surface area contributed by atoms with E-state index in [0.29, 0.717) is 18.8 Å². The van der Waals surface area contributed by atoms with E-state index in [2.05, 4.69) is 5.32 Å². The van der Waals surface area contributed by atoms with E-state index in [9.17, 15) is 4.79 Å². The van der Waals surface area contributed by atoms with E-state index in [1.54, 1.807) is 12.3 Å². The van der Waals surface area contributed by atoms with Crippen LogP contribution >= 0.6 is 0 Å². The first-order chi connectivity index (χ1) is 6.24. The first kappa shape index (κ1) is 9.80. The van der Waals surface area contributed by atoms with Gasteiger partial charge in [0.2, 0.25) is 0 Å². The smallest absolute Gasteiger partial charge is 0.286 e. The monoisotopic (exact) mass is 182 g/mol. The van der Waals surface area contributed by atoms with Gasteiger partial charge in [-0.15, -0.1) is 0 Å². The van der Waals surface area contributed by atoms with Crippen LogP contribution in [0.25, 0.3) is 0 Å². The second-order valence-electron chi connectivity index (χ2n) is 2.89. The highest BCUT2D eigenvalue weighted by molar-refractivity contribution is 5.91. The van der Waals surface area contributed by atoms with Crippen LogP contribution in [0.15, 0.2) is 16.7 Å². The maximum absolute atomic E-state index is 11.3. The summed E-state index contributed by atoms with van der Waals surface area (Å²) in [7, 11) is 0. The zero-order valence-corrected chi connectivity index (χ0v) is 7.67. The number of furan rings is 1. The van der Waals surface area contributed by atoms with Crippen molar-refractivity contribution < 1.29 is 9.21 Å². The molecule has 0 saturated heterocycles. The van der Waals surface area contributed by atoms with Crippen LogP contribution in [0, 0.1) is 6.92 Å². The molecule has 1 rings (SSSR count). The Bertz CT molecular complexity index is 281. The van der Waals surface area contributed by atoms with Crippen molar-refractivity contribution in [1.82, 2.24) is 5.32 Å². The molecule has 0 atom stereocenters. The van der Waals surface area contributed by atoms with E-state index in [4.69, 9.17) is 10.2 Å². The maximum Gasteiger partial charge on any atom is 0.286 e. The summed E-state index contributed by atoms with van der Waals surface area (Å²) in [5.74, 6) is 0.177. The van der Waals surface area contributed by atoms with Crippen LogP contribution in [0.1, 0.15) is 22.5 Å². The summed E-state index contributed by atoms with van der Waals surface area (Å²) in [5.41, 5.74) is 6.23. The SMILES string of the molecule is Cc1coc(C(=O)NCCCN)c1. The summed E-state index contributed by atoms with van der Waals surface area (Å²) < 4.78 is 5.01. The Morgan fingerprint density at radius 1 is 1.69 bits per heavy atom. The summed E-state index contributed by atoms with van der Waals surface area (Å²) in [6.07, 6.45) is 2.34. The molecule has 0 bridgehead atoms. The quantitative estimate of drug-likeness (QED) is 0.672. The highest BCUT2D eigenvalue weighted by Crippen LogP contribution is 2.05. The summed E-state index contributed by atoms with van der Waals surface area (Å²) >= 11 is 0. The number of nitrogens with two attached hydrogens (primary N) is 1. The molecule has 0 unspecified atom stereocenters. The van der Waals surface area contributed by atoms with Gasteiger partial charge in [-0.25, -0.2) is 0 Å². The third-order valence-corrected chi connectivity index (χ3v) is 1.62. The molecule has 1 aromatic rings. The molecule has 1 aromatic heterocycles. The van der Waals surface area contributed by atoms with Gasteiger partial charge < -0.3 is 15.5 Å². The molecular formula is C9H14N2O2. The first-order valence-electron chi connectivity index (χ1n) is 4.27. The van der Waals surface area contributed by atoms with Gasteiger partial charge >= 0.3 is 0 Å². The number of aryl methyl sites for hydroxylation is 1. The van der Waals surface area contributed by atoms with E-state index in [1.165, 1.54) is 0 Å². The van der Waals surface area contributed by atoms with Crippen LogP contribution in [0.3, 0.4) is 0 Å². The van der Waals surface area contributed by atoms with Crippen molar-refractivity contribution in [2.24, 2.45) is 5.73 Å². The van der Waals surface area contributed by atoms with E-state index in [0.717, 1.165) is 12.0 Å². The maximum atomic E-state index is 11.3. The van der Waals surface area contributed by atoms with Crippen molar-refractivity contribution in [3.8, 4) is 0 Å². The molecule has 3 N–H and O–H groups in total. The molecule has 0 radical (unpaired) electrons. The predicted molar refractivity (Wildman–Crippen MR) is 49.4 cm³/mol. The van der Waals surface area contributed by atoms with Crippen LogP contribution < -0.4 is 11.1 Å². The Morgan fingerprint density at radius 3 is 3.00 bits per heavy atom. The van der Waals surface area contributed by atoms with Crippen molar-refractivity contribution in [2.75, 3.05) is 13.1 Å². The Morgan fingerprint density at radius 2 is 2.46 bits per heavy atom. The summed E-state index contributed by atoms with van der Waals surface area (Å²) in [5, 5.41) is 2.70. The van der Waals surface area contributed by atoms with Crippen LogP contribution in [0.2, 0.25) is 0 Å². The van der Waals surface area contributed by atoms with E-state index in [-0.39, 0.29) is 5.91 Å². The van der Waals surface area contributed by atoms with Gasteiger partial charge in [0.25, 0.3) is 5.91 Å². The van der Waals surface area contributed by atoms with Gasteiger partial charge in [-0.3, -0.25) is 4.79 Å². The number of amides is 1. The number of nitrogens with one attached hydrogen (secondary N) is 1. The highest BCUT2D eigenvalue weighted by Gasteiger charge is 2.07. The predicted octanol–water partition coefficient (Wildman–Crippen LogP) is 0.667. The van der Waals surface area contributed by atoms with Crippen molar-refractivity contribution in [1.29, 1.82) is 0 Å². The number of hydrogen-bond donors (Lipinski definition) is 2. The molecule has 0 aliphatic heterocycles. The van der Waals surface area contributed by atoms with Gasteiger partial charge in [0, 0.05) is 6.54 Å². The molecule has 4 nitrogen and oxygen atoms in total. The fourth-order valence-electron chi connectivity index (χ4n) is 0.941. The Balaban J connectivity index is 2.40. The van der Waals surface area contributed by atoms with E-state index in [1.807, 2.05) is 6.92 Å². The Labute approximate surface area is 77.1 Å². The lowest BCUT2D eigenvalue weighted by atomic mass is 10.3. The van der Waals surface area contributed by atoms with E-state index >= 15 is 0 Å². The summed E-state index contributed by atoms with van der Waals surface area (Å²) in [4.78, 5) is 11.3. The van der Waals surface area contributed by atoms with Crippen LogP contribution in [0.5, 0.6) is 0 Å². The third-order valence-electron chi connectivity index (χ3n) is 1.62. The number of rotatable bonds is 4. The molecule has 0 aliphatic rings. The average molecular weight is 182 g/mol. The largest absolute Gasteiger partial charge is 0.459 e. The van der Waals surface area contributed by atoms with Gasteiger partial charge in [-0.1, -0.05) is 0 Å². The van der Waals surface area contributed by atoms with Crippen LogP contribution in [0.4, 0.5) is 0 Å². The minimum absolute atomic E-state index is 0.179. The standard InChI is InChI=1S/C9H14N2O2/c1-7-5-8(13-6-7)9(12)11-4-2-3-10/h5-6H,2-4,10H2,1H3,(H,11,12). The molecule has 0 aromatic carbocycles. The second kappa shape index (κ2) is 4.67. The minimum Gasteiger partial charge on any atom is -0.459 e. The van der Waals surface area contributed by atoms with Gasteiger partial charge in [0.1, 0.15) is 0 Å². The van der Waals surface area contributed by atoms with Gasteiger partial charge in [0.15, 0.2) is 5.76 Å². The van der Waals surface area contributed by atoms with Gasteiger partial charge in [-0.2, -0.15) is 0 Å². The molecule has 0 aliphatic carbocycles. The number of hydrogen-bond acceptors (Lipinski definition) is 3. The topological polar surface area (TPSA) is 68.3 Å². The zero-order chi connectivity index (χ0) is 9.68. The molecule has 1 heterocycles. The fourth-order valence-corrected chi connectivity index (χ4v) is 0.941. The molecule has 1 amide bonds. The molecule has 0 spiro atoms. The highest BCUT2D eigenvalue weighted by atomic mass is 16.3. The van der Waals surface area contributed by atoms with Crippen LogP contribution in [-0.4, -0.2) is 19.0 Å². The van der Waals surface area contributed by atoms with Gasteiger partial charge in [0.05, 0.1) is 6.26 Å². The average Bonchev–Trinajstić information content (AvgIpc) is 2.52. The normalized spacial score (nSPS) is 10.0. The lowest BCUT2D eigenvalue weighted by Crippen LogP contribution is -2.25. The van der Waals surface area contributed by atoms with Crippen LogP contribution in [-0.2, 0) is 0 Å².